The Morgan fingerprint density at radius 1 is 0.853 bits per heavy atom. The fourth-order valence-corrected chi connectivity index (χ4v) is 3.84. The van der Waals surface area contributed by atoms with Crippen molar-refractivity contribution in [1.82, 2.24) is 9.38 Å². The van der Waals surface area contributed by atoms with Crippen molar-refractivity contribution in [3.8, 4) is 5.88 Å². The third-order valence-electron chi connectivity index (χ3n) is 5.38. The van der Waals surface area contributed by atoms with Gasteiger partial charge in [-0.3, -0.25) is 14.0 Å². The average Bonchev–Trinajstić information content (AvgIpc) is 3.16. The number of para-hydroxylation sites is 2. The Bertz CT molecular complexity index is 1680. The van der Waals surface area contributed by atoms with E-state index in [1.165, 1.54) is 16.5 Å². The first-order chi connectivity index (χ1) is 16.5. The van der Waals surface area contributed by atoms with Crippen molar-refractivity contribution in [3.05, 3.63) is 106 Å². The van der Waals surface area contributed by atoms with Crippen LogP contribution in [0.1, 0.15) is 26.3 Å². The second-order valence-corrected chi connectivity index (χ2v) is 7.42. The molecule has 0 unspecified atom stereocenters. The molecular weight excluding hydrogens is 436 g/mol. The van der Waals surface area contributed by atoms with Crippen LogP contribution >= 0.6 is 0 Å². The molecule has 0 fully saturated rings. The Morgan fingerprint density at radius 2 is 1.53 bits per heavy atom. The number of carbonyl (C=O) groups is 2. The Hall–Kier alpha value is -5.05. The Balaban J connectivity index is 1.84. The number of nitrogens with zero attached hydrogens (tertiary/aromatic N) is 3. The molecule has 2 heterocycles. The van der Waals surface area contributed by atoms with E-state index in [4.69, 9.17) is 0 Å². The maximum Gasteiger partial charge on any atom is 0.337 e. The van der Waals surface area contributed by atoms with E-state index in [-0.39, 0.29) is 33.6 Å². The number of ketones is 1. The van der Waals surface area contributed by atoms with Crippen molar-refractivity contribution in [1.29, 1.82) is 0 Å². The van der Waals surface area contributed by atoms with Crippen molar-refractivity contribution in [2.75, 3.05) is 0 Å². The van der Waals surface area contributed by atoms with Crippen LogP contribution in [0, 0.1) is 0 Å². The minimum Gasteiger partial charge on any atom is -0.493 e. The number of hydrogen-bond acceptors (Lipinski definition) is 6. The summed E-state index contributed by atoms with van der Waals surface area (Å²) in [6.45, 7) is 0. The van der Waals surface area contributed by atoms with Gasteiger partial charge in [-0.1, -0.05) is 54.6 Å². The number of hydrogen-bond donors (Lipinski definition) is 3. The highest BCUT2D eigenvalue weighted by molar-refractivity contribution is 6.17. The number of azo groups is 1. The smallest absolute Gasteiger partial charge is 0.337 e. The zero-order chi connectivity index (χ0) is 23.8. The van der Waals surface area contributed by atoms with Gasteiger partial charge in [-0.2, -0.15) is 0 Å². The average molecular weight is 452 g/mol. The van der Waals surface area contributed by atoms with Gasteiger partial charge in [-0.05, 0) is 24.3 Å². The molecule has 5 aromatic rings. The van der Waals surface area contributed by atoms with Gasteiger partial charge in [0, 0.05) is 5.56 Å². The van der Waals surface area contributed by atoms with E-state index < -0.39 is 23.2 Å². The number of fused-ring (bicyclic) bond motifs is 3. The summed E-state index contributed by atoms with van der Waals surface area (Å²) in [6.07, 6.45) is 0. The standard InChI is InChI=1S/C25H16N4O5/c30-22(14-8-2-1-3-9-14)19-20(28-27-16-11-5-4-10-15(16)25(33)34)24(32)29-18-13-7-6-12-17(18)26-23(31)21(19)29/h1-13,32H,(H,26,31)(H,33,34). The molecule has 3 aromatic carbocycles. The largest absolute Gasteiger partial charge is 0.493 e. The first-order valence-electron chi connectivity index (χ1n) is 10.2. The molecule has 0 aliphatic rings. The third kappa shape index (κ3) is 3.32. The fraction of sp³-hybridized carbons (Fsp3) is 0. The highest BCUT2D eigenvalue weighted by Crippen LogP contribution is 2.39. The number of carboxylic acid groups (broad SMARTS) is 1. The molecule has 0 atom stereocenters. The number of carbonyl (C=O) groups excluding carboxylic acids is 1. The van der Waals surface area contributed by atoms with Crippen molar-refractivity contribution < 1.29 is 19.8 Å². The van der Waals surface area contributed by atoms with Gasteiger partial charge < -0.3 is 15.2 Å². The third-order valence-corrected chi connectivity index (χ3v) is 5.38. The van der Waals surface area contributed by atoms with Crippen molar-refractivity contribution in [2.24, 2.45) is 10.2 Å². The second-order valence-electron chi connectivity index (χ2n) is 7.42. The number of aromatic carboxylic acids is 1. The minimum absolute atomic E-state index is 0.0292. The molecule has 5 rings (SSSR count). The normalized spacial score (nSPS) is 11.4. The van der Waals surface area contributed by atoms with Crippen LogP contribution in [0.5, 0.6) is 5.88 Å². The number of benzene rings is 3. The lowest BCUT2D eigenvalue weighted by atomic mass is 10.0. The lowest BCUT2D eigenvalue weighted by Gasteiger charge is -2.04. The van der Waals surface area contributed by atoms with E-state index in [0.29, 0.717) is 11.0 Å². The van der Waals surface area contributed by atoms with Gasteiger partial charge in [0.1, 0.15) is 11.2 Å². The summed E-state index contributed by atoms with van der Waals surface area (Å²) in [4.78, 5) is 40.8. The van der Waals surface area contributed by atoms with Crippen LogP contribution in [0.4, 0.5) is 11.4 Å². The highest BCUT2D eigenvalue weighted by Gasteiger charge is 2.28. The summed E-state index contributed by atoms with van der Waals surface area (Å²) < 4.78 is 1.25. The van der Waals surface area contributed by atoms with Gasteiger partial charge in [0.25, 0.3) is 5.56 Å². The molecular formula is C25H16N4O5. The van der Waals surface area contributed by atoms with Crippen LogP contribution < -0.4 is 5.56 Å². The molecule has 9 nitrogen and oxygen atoms in total. The summed E-state index contributed by atoms with van der Waals surface area (Å²) in [7, 11) is 0. The van der Waals surface area contributed by atoms with E-state index in [1.54, 1.807) is 66.7 Å². The predicted molar refractivity (Wildman–Crippen MR) is 125 cm³/mol. The monoisotopic (exact) mass is 452 g/mol. The summed E-state index contributed by atoms with van der Waals surface area (Å²) in [6, 6.07) is 21.0. The van der Waals surface area contributed by atoms with Gasteiger partial charge in [-0.25, -0.2) is 4.79 Å². The highest BCUT2D eigenvalue weighted by atomic mass is 16.4. The van der Waals surface area contributed by atoms with Crippen LogP contribution in [0.2, 0.25) is 0 Å². The Labute approximate surface area is 191 Å². The van der Waals surface area contributed by atoms with Crippen LogP contribution in [-0.2, 0) is 0 Å². The van der Waals surface area contributed by atoms with Gasteiger partial charge in [-0.15, -0.1) is 10.2 Å². The maximum absolute atomic E-state index is 13.5. The SMILES string of the molecule is O=C(O)c1ccccc1N=Nc1c(C(=O)c2ccccc2)c2c(=O)[nH]c3ccccc3n2c1O. The van der Waals surface area contributed by atoms with Crippen molar-refractivity contribution in [3.63, 3.8) is 0 Å². The maximum atomic E-state index is 13.5. The number of aromatic amines is 1. The van der Waals surface area contributed by atoms with Gasteiger partial charge >= 0.3 is 5.97 Å². The van der Waals surface area contributed by atoms with Crippen molar-refractivity contribution >= 4 is 39.7 Å². The minimum atomic E-state index is -1.20. The lowest BCUT2D eigenvalue weighted by molar-refractivity contribution is 0.0697. The van der Waals surface area contributed by atoms with E-state index in [0.717, 1.165) is 0 Å². The number of H-pyrrole nitrogens is 1. The Morgan fingerprint density at radius 3 is 2.29 bits per heavy atom. The van der Waals surface area contributed by atoms with Crippen LogP contribution in [0.25, 0.3) is 16.6 Å². The molecule has 34 heavy (non-hydrogen) atoms. The van der Waals surface area contributed by atoms with E-state index in [2.05, 4.69) is 15.2 Å². The molecule has 0 saturated heterocycles. The molecule has 2 aromatic heterocycles. The molecule has 0 saturated carbocycles. The summed E-state index contributed by atoms with van der Waals surface area (Å²) >= 11 is 0. The molecule has 0 bridgehead atoms. The molecule has 0 radical (unpaired) electrons. The number of nitrogens with one attached hydrogen (secondary N) is 1. The predicted octanol–water partition coefficient (Wildman–Crippen LogP) is 4.83. The number of aromatic nitrogens is 2. The number of rotatable bonds is 5. The van der Waals surface area contributed by atoms with Crippen LogP contribution in [0.15, 0.2) is 93.9 Å². The van der Waals surface area contributed by atoms with E-state index >= 15 is 0 Å². The van der Waals surface area contributed by atoms with Gasteiger partial charge in [0.15, 0.2) is 11.5 Å². The van der Waals surface area contributed by atoms with Crippen molar-refractivity contribution in [2.45, 2.75) is 0 Å². The summed E-state index contributed by atoms with van der Waals surface area (Å²) in [5.41, 5.74) is 0.0300. The lowest BCUT2D eigenvalue weighted by Crippen LogP contribution is -2.13. The number of aromatic hydroxyl groups is 1. The zero-order valence-electron chi connectivity index (χ0n) is 17.5. The second kappa shape index (κ2) is 8.14. The fourth-order valence-electron chi connectivity index (χ4n) is 3.84. The molecule has 3 N–H and O–H groups in total. The molecule has 0 aliphatic carbocycles. The van der Waals surface area contributed by atoms with Gasteiger partial charge in [0.2, 0.25) is 5.88 Å². The molecule has 9 heteroatoms. The molecule has 0 amide bonds. The van der Waals surface area contributed by atoms with Crippen LogP contribution in [-0.4, -0.2) is 31.4 Å². The molecule has 0 spiro atoms. The summed E-state index contributed by atoms with van der Waals surface area (Å²) in [5.74, 6) is -2.21. The molecule has 0 aliphatic heterocycles. The first-order valence-corrected chi connectivity index (χ1v) is 10.2. The molecule has 166 valence electrons. The zero-order valence-corrected chi connectivity index (χ0v) is 17.5. The Kier molecular flexibility index (Phi) is 4.98. The first kappa shape index (κ1) is 20.8. The van der Waals surface area contributed by atoms with E-state index in [1.807, 2.05) is 0 Å². The van der Waals surface area contributed by atoms with Crippen LogP contribution in [0.3, 0.4) is 0 Å². The number of carboxylic acids is 1. The van der Waals surface area contributed by atoms with E-state index in [9.17, 15) is 24.6 Å². The topological polar surface area (TPSA) is 137 Å². The summed E-state index contributed by atoms with van der Waals surface area (Å²) in [5, 5.41) is 28.6. The quantitative estimate of drug-likeness (QED) is 0.259. The van der Waals surface area contributed by atoms with Gasteiger partial charge in [0.05, 0.1) is 22.2 Å².